The predicted octanol–water partition coefficient (Wildman–Crippen LogP) is 5.86. The molecular weight excluding hydrogens is 519 g/mol. The number of halogens is 2. The van der Waals surface area contributed by atoms with E-state index >= 15 is 0 Å². The van der Waals surface area contributed by atoms with Crippen LogP contribution in [0.4, 0.5) is 5.69 Å². The third-order valence-corrected chi connectivity index (χ3v) is 9.73. The standard InChI is InChI=1S/C31H28Cl2N2O3/c1-16(2)26(27(36)34-23-15-17(3)13-14-18(23)4)35-28(37)24-25(29(35)38)31(33)20-10-6-5-9-19(20)30(24,32)21-11-7-8-12-22(21)31/h5-16,24-26H,1-4H3,(H,34,36)/t24-,25-,26+,30?,31?/m1/s1. The summed E-state index contributed by atoms with van der Waals surface area (Å²) >= 11 is 15.0. The SMILES string of the molecule is Cc1ccc(C)c(NC(=O)[C@H](C(C)C)N2C(=O)[C@H]3[C@H](C2=O)C2(Cl)c4ccccc4C3(Cl)c3ccccc32)c1. The number of amides is 3. The molecular formula is C31H28Cl2N2O3. The lowest BCUT2D eigenvalue weighted by Gasteiger charge is -2.54. The summed E-state index contributed by atoms with van der Waals surface area (Å²) in [5, 5.41) is 2.97. The van der Waals surface area contributed by atoms with E-state index in [-0.39, 0.29) is 5.92 Å². The predicted molar refractivity (Wildman–Crippen MR) is 148 cm³/mol. The minimum absolute atomic E-state index is 0.340. The number of nitrogens with one attached hydrogen (secondary N) is 1. The minimum Gasteiger partial charge on any atom is -0.324 e. The van der Waals surface area contributed by atoms with Crippen LogP contribution in [0.2, 0.25) is 0 Å². The number of benzene rings is 3. The number of rotatable bonds is 4. The summed E-state index contributed by atoms with van der Waals surface area (Å²) in [7, 11) is 0. The lowest BCUT2D eigenvalue weighted by Crippen LogP contribution is -2.57. The molecule has 0 radical (unpaired) electrons. The largest absolute Gasteiger partial charge is 0.324 e. The fourth-order valence-corrected chi connectivity index (χ4v) is 7.86. The van der Waals surface area contributed by atoms with Crippen molar-refractivity contribution in [1.29, 1.82) is 0 Å². The molecule has 194 valence electrons. The lowest BCUT2D eigenvalue weighted by atomic mass is 9.54. The molecule has 1 saturated heterocycles. The summed E-state index contributed by atoms with van der Waals surface area (Å²) in [6.45, 7) is 7.51. The molecule has 5 nitrogen and oxygen atoms in total. The number of alkyl halides is 2. The van der Waals surface area contributed by atoms with Gasteiger partial charge in [-0.15, -0.1) is 23.2 Å². The normalized spacial score (nSPS) is 27.7. The van der Waals surface area contributed by atoms with Crippen molar-refractivity contribution in [2.45, 2.75) is 43.5 Å². The Morgan fingerprint density at radius 3 is 1.68 bits per heavy atom. The molecule has 1 fully saturated rings. The Labute approximate surface area is 232 Å². The van der Waals surface area contributed by atoms with Crippen molar-refractivity contribution >= 4 is 46.6 Å². The maximum atomic E-state index is 14.3. The van der Waals surface area contributed by atoms with Gasteiger partial charge in [-0.2, -0.15) is 0 Å². The molecule has 3 aromatic carbocycles. The van der Waals surface area contributed by atoms with Crippen molar-refractivity contribution < 1.29 is 14.4 Å². The van der Waals surface area contributed by atoms with Gasteiger partial charge in [-0.25, -0.2) is 0 Å². The number of hydrogen-bond donors (Lipinski definition) is 1. The van der Waals surface area contributed by atoms with Gasteiger partial charge in [0.25, 0.3) is 0 Å². The fourth-order valence-electron chi connectivity index (χ4n) is 6.76. The Morgan fingerprint density at radius 2 is 1.26 bits per heavy atom. The molecule has 38 heavy (non-hydrogen) atoms. The Hall–Kier alpha value is -3.15. The van der Waals surface area contributed by atoms with E-state index in [1.807, 2.05) is 94.4 Å². The highest BCUT2D eigenvalue weighted by atomic mass is 35.5. The van der Waals surface area contributed by atoms with E-state index in [4.69, 9.17) is 23.2 Å². The van der Waals surface area contributed by atoms with Crippen LogP contribution < -0.4 is 5.32 Å². The average Bonchev–Trinajstić information content (AvgIpc) is 3.16. The topological polar surface area (TPSA) is 66.5 Å². The van der Waals surface area contributed by atoms with Crippen molar-refractivity contribution in [3.63, 3.8) is 0 Å². The first kappa shape index (κ1) is 25.1. The summed E-state index contributed by atoms with van der Waals surface area (Å²) < 4.78 is 0. The quantitative estimate of drug-likeness (QED) is 0.329. The van der Waals surface area contributed by atoms with Crippen LogP contribution in [0.3, 0.4) is 0 Å². The average molecular weight is 547 g/mol. The number of nitrogens with zero attached hydrogens (tertiary/aromatic N) is 1. The molecule has 4 aliphatic rings. The second-order valence-corrected chi connectivity index (χ2v) is 12.2. The van der Waals surface area contributed by atoms with Crippen LogP contribution in [0.15, 0.2) is 66.7 Å². The number of likely N-dealkylation sites (tertiary alicyclic amines) is 1. The van der Waals surface area contributed by atoms with Crippen molar-refractivity contribution in [2.75, 3.05) is 5.32 Å². The molecule has 3 aromatic rings. The van der Waals surface area contributed by atoms with Crippen molar-refractivity contribution in [1.82, 2.24) is 4.90 Å². The van der Waals surface area contributed by atoms with E-state index < -0.39 is 45.3 Å². The zero-order chi connectivity index (χ0) is 27.1. The molecule has 0 spiro atoms. The van der Waals surface area contributed by atoms with Gasteiger partial charge < -0.3 is 5.32 Å². The van der Waals surface area contributed by atoms with Crippen LogP contribution in [0.5, 0.6) is 0 Å². The van der Waals surface area contributed by atoms with Gasteiger partial charge in [0, 0.05) is 5.69 Å². The van der Waals surface area contributed by atoms with Gasteiger partial charge in [0.1, 0.15) is 15.8 Å². The molecule has 0 unspecified atom stereocenters. The van der Waals surface area contributed by atoms with Gasteiger partial charge in [0.2, 0.25) is 17.7 Å². The summed E-state index contributed by atoms with van der Waals surface area (Å²) in [4.78, 5) is 41.0. The van der Waals surface area contributed by atoms with E-state index in [0.717, 1.165) is 38.3 Å². The Morgan fingerprint density at radius 1 is 0.816 bits per heavy atom. The second-order valence-electron chi connectivity index (χ2n) is 11.0. The summed E-state index contributed by atoms with van der Waals surface area (Å²) in [6.07, 6.45) is 0. The van der Waals surface area contributed by atoms with Crippen molar-refractivity contribution in [3.05, 3.63) is 100 Å². The van der Waals surface area contributed by atoms with Crippen LogP contribution in [0.25, 0.3) is 0 Å². The van der Waals surface area contributed by atoms with E-state index in [0.29, 0.717) is 5.69 Å². The van der Waals surface area contributed by atoms with Crippen LogP contribution in [-0.2, 0) is 24.1 Å². The molecule has 3 amide bonds. The molecule has 7 heteroatoms. The first-order valence-corrected chi connectivity index (χ1v) is 13.6. The number of aryl methyl sites for hydroxylation is 2. The highest BCUT2D eigenvalue weighted by Crippen LogP contribution is 2.69. The van der Waals surface area contributed by atoms with Crippen molar-refractivity contribution in [2.24, 2.45) is 17.8 Å². The summed E-state index contributed by atoms with van der Waals surface area (Å²) in [5.41, 5.74) is 5.48. The van der Waals surface area contributed by atoms with Crippen LogP contribution in [-0.4, -0.2) is 28.7 Å². The summed E-state index contributed by atoms with van der Waals surface area (Å²) in [6, 6.07) is 19.8. The molecule has 3 atom stereocenters. The highest BCUT2D eigenvalue weighted by Gasteiger charge is 2.73. The highest BCUT2D eigenvalue weighted by molar-refractivity contribution is 6.36. The van der Waals surface area contributed by atoms with Gasteiger partial charge in [-0.1, -0.05) is 74.5 Å². The second kappa shape index (κ2) is 8.42. The van der Waals surface area contributed by atoms with Crippen molar-refractivity contribution in [3.8, 4) is 0 Å². The smallest absolute Gasteiger partial charge is 0.247 e. The van der Waals surface area contributed by atoms with Crippen LogP contribution in [0, 0.1) is 31.6 Å². The first-order chi connectivity index (χ1) is 18.0. The molecule has 1 aliphatic heterocycles. The third-order valence-electron chi connectivity index (χ3n) is 8.45. The van der Waals surface area contributed by atoms with Gasteiger partial charge in [0.05, 0.1) is 11.8 Å². The Balaban J connectivity index is 1.49. The fraction of sp³-hybridized carbons (Fsp3) is 0.323. The minimum atomic E-state index is -1.28. The zero-order valence-electron chi connectivity index (χ0n) is 21.6. The molecule has 7 rings (SSSR count). The summed E-state index contributed by atoms with van der Waals surface area (Å²) in [5.74, 6) is -3.54. The maximum Gasteiger partial charge on any atom is 0.247 e. The zero-order valence-corrected chi connectivity index (χ0v) is 23.1. The van der Waals surface area contributed by atoms with E-state index in [1.54, 1.807) is 0 Å². The van der Waals surface area contributed by atoms with Crippen LogP contribution in [0.1, 0.15) is 47.2 Å². The van der Waals surface area contributed by atoms with Gasteiger partial charge >= 0.3 is 0 Å². The molecule has 0 saturated carbocycles. The first-order valence-electron chi connectivity index (χ1n) is 12.9. The lowest BCUT2D eigenvalue weighted by molar-refractivity contribution is -0.148. The number of carbonyl (C=O) groups excluding carboxylic acids is 3. The van der Waals surface area contributed by atoms with E-state index in [2.05, 4.69) is 5.32 Å². The Kier molecular flexibility index (Phi) is 5.57. The number of imide groups is 1. The van der Waals surface area contributed by atoms with E-state index in [1.165, 1.54) is 0 Å². The van der Waals surface area contributed by atoms with Crippen LogP contribution >= 0.6 is 23.2 Å². The Bertz CT molecular complexity index is 1410. The number of anilines is 1. The maximum absolute atomic E-state index is 14.3. The monoisotopic (exact) mass is 546 g/mol. The van der Waals surface area contributed by atoms with Gasteiger partial charge in [-0.05, 0) is 59.2 Å². The van der Waals surface area contributed by atoms with E-state index in [9.17, 15) is 14.4 Å². The van der Waals surface area contributed by atoms with Gasteiger partial charge in [0.15, 0.2) is 0 Å². The third kappa shape index (κ3) is 3.09. The molecule has 0 aromatic heterocycles. The number of hydrogen-bond acceptors (Lipinski definition) is 3. The number of carbonyl (C=O) groups is 3. The molecule has 3 aliphatic carbocycles. The van der Waals surface area contributed by atoms with Gasteiger partial charge in [-0.3, -0.25) is 19.3 Å². The molecule has 2 bridgehead atoms. The molecule has 1 N–H and O–H groups in total. The molecule has 1 heterocycles.